The van der Waals surface area contributed by atoms with Crippen LogP contribution in [0, 0.1) is 5.41 Å². The first-order valence-corrected chi connectivity index (χ1v) is 9.83. The Labute approximate surface area is 181 Å². The van der Waals surface area contributed by atoms with Gasteiger partial charge in [-0.2, -0.15) is 0 Å². The van der Waals surface area contributed by atoms with Gasteiger partial charge in [0.1, 0.15) is 0 Å². The quantitative estimate of drug-likeness (QED) is 0.356. The van der Waals surface area contributed by atoms with Crippen LogP contribution >= 0.6 is 24.0 Å². The highest BCUT2D eigenvalue weighted by molar-refractivity contribution is 14.0. The van der Waals surface area contributed by atoms with Crippen LogP contribution in [0.5, 0.6) is 0 Å². The molecule has 1 atom stereocenters. The summed E-state index contributed by atoms with van der Waals surface area (Å²) in [6.45, 7) is 13.3. The lowest BCUT2D eigenvalue weighted by atomic mass is 9.89. The summed E-state index contributed by atoms with van der Waals surface area (Å²) < 4.78 is 5.62. The zero-order chi connectivity index (χ0) is 19.2. The molecule has 0 bridgehead atoms. The number of likely N-dealkylation sites (tertiary alicyclic amines) is 1. The number of carbonyl (C=O) groups is 1. The Kier molecular flexibility index (Phi) is 10.3. The number of nitrogens with one attached hydrogen (secondary N) is 1. The van der Waals surface area contributed by atoms with Gasteiger partial charge < -0.3 is 19.9 Å². The van der Waals surface area contributed by atoms with Crippen molar-refractivity contribution in [1.82, 2.24) is 20.0 Å². The van der Waals surface area contributed by atoms with Crippen LogP contribution < -0.4 is 5.32 Å². The number of piperazine rings is 1. The number of nitrogens with zero attached hydrogens (tertiary/aromatic N) is 4. The van der Waals surface area contributed by atoms with Gasteiger partial charge in [0.25, 0.3) is 0 Å². The van der Waals surface area contributed by atoms with Crippen LogP contribution in [-0.2, 0) is 9.53 Å². The molecule has 2 aliphatic heterocycles. The predicted octanol–water partition coefficient (Wildman–Crippen LogP) is 1.48. The predicted molar refractivity (Wildman–Crippen MR) is 121 cm³/mol. The topological polar surface area (TPSA) is 60.4 Å². The molecule has 0 radical (unpaired) electrons. The molecule has 0 aromatic carbocycles. The first-order chi connectivity index (χ1) is 12.3. The van der Waals surface area contributed by atoms with Crippen molar-refractivity contribution in [1.29, 1.82) is 0 Å². The molecule has 1 N–H and O–H groups in total. The molecule has 8 heteroatoms. The Balaban J connectivity index is 0.00000364. The molecule has 0 saturated carbocycles. The standard InChI is InChI=1S/C19H37N5O2.HI/c1-19(2,3)16(26-5)14-21-18(20-4)24-12-10-22(11-13-24)15-17(25)23-8-6-7-9-23;/h16H,6-15H2,1-5H3,(H,20,21);1H. The van der Waals surface area contributed by atoms with E-state index in [9.17, 15) is 4.79 Å². The molecule has 2 heterocycles. The zero-order valence-electron chi connectivity index (χ0n) is 17.7. The number of carbonyl (C=O) groups excluding carboxylic acids is 1. The Morgan fingerprint density at radius 2 is 1.67 bits per heavy atom. The fraction of sp³-hybridized carbons (Fsp3) is 0.895. The summed E-state index contributed by atoms with van der Waals surface area (Å²) in [5.41, 5.74) is 0.0786. The van der Waals surface area contributed by atoms with Gasteiger partial charge in [-0.3, -0.25) is 14.7 Å². The van der Waals surface area contributed by atoms with Crippen molar-refractivity contribution >= 4 is 35.8 Å². The van der Waals surface area contributed by atoms with E-state index in [1.54, 1.807) is 7.11 Å². The maximum atomic E-state index is 12.3. The highest BCUT2D eigenvalue weighted by atomic mass is 127. The molecule has 2 rings (SSSR count). The third-order valence-electron chi connectivity index (χ3n) is 5.40. The zero-order valence-corrected chi connectivity index (χ0v) is 20.0. The molecule has 2 aliphatic rings. The van der Waals surface area contributed by atoms with Crippen LogP contribution in [0.2, 0.25) is 0 Å². The van der Waals surface area contributed by atoms with Crippen molar-refractivity contribution < 1.29 is 9.53 Å². The summed E-state index contributed by atoms with van der Waals surface area (Å²) in [6.07, 6.45) is 2.43. The smallest absolute Gasteiger partial charge is 0.236 e. The number of ether oxygens (including phenoxy) is 1. The second-order valence-corrected chi connectivity index (χ2v) is 8.37. The van der Waals surface area contributed by atoms with Gasteiger partial charge in [-0.15, -0.1) is 24.0 Å². The van der Waals surface area contributed by atoms with Gasteiger partial charge in [0.2, 0.25) is 5.91 Å². The summed E-state index contributed by atoms with van der Waals surface area (Å²) >= 11 is 0. The number of rotatable bonds is 5. The number of amides is 1. The summed E-state index contributed by atoms with van der Waals surface area (Å²) in [7, 11) is 3.58. The molecular weight excluding hydrogens is 457 g/mol. The van der Waals surface area contributed by atoms with Crippen LogP contribution in [-0.4, -0.2) is 99.2 Å². The molecular formula is C19H38IN5O2. The first kappa shape index (κ1) is 24.4. The molecule has 27 heavy (non-hydrogen) atoms. The third kappa shape index (κ3) is 7.38. The molecule has 1 unspecified atom stereocenters. The molecule has 0 spiro atoms. The minimum Gasteiger partial charge on any atom is -0.379 e. The van der Waals surface area contributed by atoms with Crippen molar-refractivity contribution in [3.8, 4) is 0 Å². The maximum Gasteiger partial charge on any atom is 0.236 e. The fourth-order valence-electron chi connectivity index (χ4n) is 3.63. The number of methoxy groups -OCH3 is 1. The van der Waals surface area contributed by atoms with E-state index in [4.69, 9.17) is 4.74 Å². The third-order valence-corrected chi connectivity index (χ3v) is 5.40. The second-order valence-electron chi connectivity index (χ2n) is 8.37. The van der Waals surface area contributed by atoms with Crippen LogP contribution in [0.3, 0.4) is 0 Å². The van der Waals surface area contributed by atoms with Crippen LogP contribution in [0.4, 0.5) is 0 Å². The molecule has 7 nitrogen and oxygen atoms in total. The van der Waals surface area contributed by atoms with Crippen molar-refractivity contribution in [2.75, 3.05) is 66.5 Å². The van der Waals surface area contributed by atoms with E-state index >= 15 is 0 Å². The lowest BCUT2D eigenvalue weighted by Gasteiger charge is -2.37. The van der Waals surface area contributed by atoms with Gasteiger partial charge in [-0.05, 0) is 18.3 Å². The highest BCUT2D eigenvalue weighted by Crippen LogP contribution is 2.21. The van der Waals surface area contributed by atoms with Gasteiger partial charge in [-0.1, -0.05) is 20.8 Å². The number of hydrogen-bond donors (Lipinski definition) is 1. The Bertz CT molecular complexity index is 481. The molecule has 2 saturated heterocycles. The van der Waals surface area contributed by atoms with E-state index in [0.717, 1.165) is 64.6 Å². The molecule has 158 valence electrons. The van der Waals surface area contributed by atoms with E-state index in [1.165, 1.54) is 0 Å². The van der Waals surface area contributed by atoms with E-state index in [0.29, 0.717) is 6.54 Å². The van der Waals surface area contributed by atoms with E-state index < -0.39 is 0 Å². The van der Waals surface area contributed by atoms with Gasteiger partial charge in [-0.25, -0.2) is 0 Å². The average molecular weight is 495 g/mol. The van der Waals surface area contributed by atoms with Crippen molar-refractivity contribution in [2.45, 2.75) is 39.7 Å². The summed E-state index contributed by atoms with van der Waals surface area (Å²) in [5, 5.41) is 3.45. The fourth-order valence-corrected chi connectivity index (χ4v) is 3.63. The molecule has 2 fully saturated rings. The van der Waals surface area contributed by atoms with Gasteiger partial charge in [0.05, 0.1) is 12.6 Å². The van der Waals surface area contributed by atoms with Crippen molar-refractivity contribution in [2.24, 2.45) is 10.4 Å². The molecule has 0 aromatic rings. The van der Waals surface area contributed by atoms with E-state index in [1.807, 2.05) is 11.9 Å². The normalized spacial score (nSPS) is 20.4. The van der Waals surface area contributed by atoms with Crippen molar-refractivity contribution in [3.63, 3.8) is 0 Å². The van der Waals surface area contributed by atoms with Crippen LogP contribution in [0.15, 0.2) is 4.99 Å². The summed E-state index contributed by atoms with van der Waals surface area (Å²) in [6, 6.07) is 0. The molecule has 0 aliphatic carbocycles. The summed E-state index contributed by atoms with van der Waals surface area (Å²) in [4.78, 5) is 23.3. The SMILES string of the molecule is CN=C(NCC(OC)C(C)(C)C)N1CCN(CC(=O)N2CCCC2)CC1.I. The number of halogens is 1. The first-order valence-electron chi connectivity index (χ1n) is 9.83. The van der Waals surface area contributed by atoms with E-state index in [-0.39, 0.29) is 41.4 Å². The Morgan fingerprint density at radius 1 is 1.07 bits per heavy atom. The largest absolute Gasteiger partial charge is 0.379 e. The summed E-state index contributed by atoms with van der Waals surface area (Å²) in [5.74, 6) is 1.20. The van der Waals surface area contributed by atoms with Crippen molar-refractivity contribution in [3.05, 3.63) is 0 Å². The highest BCUT2D eigenvalue weighted by Gasteiger charge is 2.27. The number of guanidine groups is 1. The lowest BCUT2D eigenvalue weighted by Crippen LogP contribution is -2.55. The van der Waals surface area contributed by atoms with Crippen LogP contribution in [0.1, 0.15) is 33.6 Å². The Morgan fingerprint density at radius 3 is 2.15 bits per heavy atom. The molecule has 1 amide bonds. The van der Waals surface area contributed by atoms with Gasteiger partial charge >= 0.3 is 0 Å². The Hall–Kier alpha value is -0.610. The number of hydrogen-bond acceptors (Lipinski definition) is 4. The van der Waals surface area contributed by atoms with Gasteiger partial charge in [0.15, 0.2) is 5.96 Å². The minimum absolute atomic E-state index is 0. The minimum atomic E-state index is 0. The van der Waals surface area contributed by atoms with Gasteiger partial charge in [0, 0.05) is 60.0 Å². The monoisotopic (exact) mass is 495 g/mol. The van der Waals surface area contributed by atoms with E-state index in [2.05, 4.69) is 40.9 Å². The maximum absolute atomic E-state index is 12.3. The second kappa shape index (κ2) is 11.4. The number of aliphatic imine (C=N–C) groups is 1. The molecule has 0 aromatic heterocycles. The average Bonchev–Trinajstić information content (AvgIpc) is 3.13. The lowest BCUT2D eigenvalue weighted by molar-refractivity contribution is -0.131. The van der Waals surface area contributed by atoms with Crippen LogP contribution in [0.25, 0.3) is 0 Å².